The van der Waals surface area contributed by atoms with E-state index in [0.717, 1.165) is 73.9 Å². The molecule has 1 saturated heterocycles. The Hall–Kier alpha value is -7.07. The highest BCUT2D eigenvalue weighted by molar-refractivity contribution is 6.06. The van der Waals surface area contributed by atoms with Crippen LogP contribution in [0.4, 0.5) is 27.9 Å². The number of piperidine rings is 1. The summed E-state index contributed by atoms with van der Waals surface area (Å²) >= 11 is 0. The Morgan fingerprint density at radius 1 is 0.986 bits per heavy atom. The van der Waals surface area contributed by atoms with Crippen molar-refractivity contribution in [3.05, 3.63) is 65.5 Å². The van der Waals surface area contributed by atoms with Crippen LogP contribution in [0.25, 0.3) is 11.3 Å². The smallest absolute Gasteiger partial charge is 0.410 e. The Morgan fingerprint density at radius 3 is 2.52 bits per heavy atom. The van der Waals surface area contributed by atoms with Crippen LogP contribution >= 0.6 is 0 Å². The molecule has 2 aromatic carbocycles. The maximum absolute atomic E-state index is 13.6. The zero-order valence-electron chi connectivity index (χ0n) is 42.8. The fourth-order valence-corrected chi connectivity index (χ4v) is 10.9. The van der Waals surface area contributed by atoms with Gasteiger partial charge in [0.1, 0.15) is 34.8 Å². The molecule has 2 atom stereocenters. The molecule has 5 aliphatic rings. The second-order valence-electron chi connectivity index (χ2n) is 20.6. The Labute approximate surface area is 426 Å². The van der Waals surface area contributed by atoms with Crippen LogP contribution in [0.3, 0.4) is 0 Å². The molecule has 2 N–H and O–H groups in total. The number of rotatable bonds is 15. The van der Waals surface area contributed by atoms with Gasteiger partial charge in [-0.1, -0.05) is 49.0 Å². The van der Waals surface area contributed by atoms with Crippen molar-refractivity contribution in [2.45, 2.75) is 154 Å². The summed E-state index contributed by atoms with van der Waals surface area (Å²) < 4.78 is 19.6. The number of anilines is 4. The van der Waals surface area contributed by atoms with E-state index in [4.69, 9.17) is 19.2 Å². The summed E-state index contributed by atoms with van der Waals surface area (Å²) in [5, 5.41) is 14.8. The van der Waals surface area contributed by atoms with Crippen LogP contribution in [0.5, 0.6) is 5.75 Å². The van der Waals surface area contributed by atoms with Gasteiger partial charge in [0.25, 0.3) is 5.91 Å². The number of fused-ring (bicyclic) bond motifs is 2. The van der Waals surface area contributed by atoms with E-state index in [2.05, 4.69) is 49.6 Å². The van der Waals surface area contributed by atoms with Crippen LogP contribution in [0.2, 0.25) is 0 Å². The Balaban J connectivity index is 0.772. The van der Waals surface area contributed by atoms with Gasteiger partial charge >= 0.3 is 6.09 Å². The number of carbonyl (C=O) groups is 5. The van der Waals surface area contributed by atoms with Gasteiger partial charge in [-0.25, -0.2) is 14.5 Å². The van der Waals surface area contributed by atoms with Crippen molar-refractivity contribution in [3.63, 3.8) is 0 Å². The molecule has 0 spiro atoms. The summed E-state index contributed by atoms with van der Waals surface area (Å²) in [5.74, 6) is 7.22. The number of nitrogens with one attached hydrogen (secondary N) is 2. The maximum Gasteiger partial charge on any atom is 0.410 e. The van der Waals surface area contributed by atoms with Crippen molar-refractivity contribution < 1.29 is 38.2 Å². The van der Waals surface area contributed by atoms with Gasteiger partial charge < -0.3 is 39.1 Å². The molecular weight excluding hydrogens is 931 g/mol. The molecule has 9 rings (SSSR count). The van der Waals surface area contributed by atoms with Gasteiger partial charge in [0.15, 0.2) is 5.82 Å². The third kappa shape index (κ3) is 11.1. The van der Waals surface area contributed by atoms with Gasteiger partial charge in [0, 0.05) is 68.4 Å². The van der Waals surface area contributed by atoms with Crippen LogP contribution in [-0.4, -0.2) is 128 Å². The van der Waals surface area contributed by atoms with Gasteiger partial charge in [-0.3, -0.25) is 24.5 Å². The number of imide groups is 1. The van der Waals surface area contributed by atoms with E-state index in [1.807, 2.05) is 60.8 Å². The molecule has 2 saturated carbocycles. The molecule has 3 aliphatic heterocycles. The van der Waals surface area contributed by atoms with Gasteiger partial charge in [0.05, 0.1) is 37.8 Å². The average Bonchev–Trinajstić information content (AvgIpc) is 4.16. The summed E-state index contributed by atoms with van der Waals surface area (Å²) in [6.45, 7) is 9.28. The summed E-state index contributed by atoms with van der Waals surface area (Å²) in [7, 11) is 3.42. The van der Waals surface area contributed by atoms with E-state index in [0.29, 0.717) is 79.8 Å². The molecular formula is C54H67N11O8. The van der Waals surface area contributed by atoms with Crippen LogP contribution in [-0.2, 0) is 30.4 Å². The zero-order chi connectivity index (χ0) is 51.4. The lowest BCUT2D eigenvalue weighted by molar-refractivity contribution is -0.137. The van der Waals surface area contributed by atoms with Crippen molar-refractivity contribution in [1.82, 2.24) is 40.1 Å². The van der Waals surface area contributed by atoms with E-state index < -0.39 is 17.6 Å². The number of nitrogens with zero attached hydrogens (tertiary/aromatic N) is 9. The quantitative estimate of drug-likeness (QED) is 0.0680. The normalized spacial score (nSPS) is 21.1. The lowest BCUT2D eigenvalue weighted by Crippen LogP contribution is -2.55. The second kappa shape index (κ2) is 22.0. The maximum atomic E-state index is 13.6. The van der Waals surface area contributed by atoms with Crippen LogP contribution in [0.15, 0.2) is 48.8 Å². The largest absolute Gasteiger partial charge is 0.495 e. The average molecular weight is 998 g/mol. The molecule has 73 heavy (non-hydrogen) atoms. The fraction of sp³-hybridized carbons (Fsp3) is 0.537. The van der Waals surface area contributed by atoms with Crippen molar-refractivity contribution >= 4 is 52.9 Å². The van der Waals surface area contributed by atoms with E-state index >= 15 is 0 Å². The van der Waals surface area contributed by atoms with Gasteiger partial charge in [0.2, 0.25) is 23.7 Å². The summed E-state index contributed by atoms with van der Waals surface area (Å²) in [6.07, 6.45) is 13.2. The lowest BCUT2D eigenvalue weighted by atomic mass is 9.90. The highest BCUT2D eigenvalue weighted by atomic mass is 16.6. The molecule has 2 aromatic heterocycles. The van der Waals surface area contributed by atoms with Crippen LogP contribution in [0, 0.1) is 11.8 Å². The molecule has 19 heteroatoms. The van der Waals surface area contributed by atoms with E-state index in [1.165, 1.54) is 4.90 Å². The summed E-state index contributed by atoms with van der Waals surface area (Å²) in [6, 6.07) is 10.7. The Morgan fingerprint density at radius 2 is 1.78 bits per heavy atom. The highest BCUT2D eigenvalue weighted by Crippen LogP contribution is 2.41. The second-order valence-corrected chi connectivity index (χ2v) is 20.6. The molecule has 2 aliphatic carbocycles. The molecule has 5 heterocycles. The van der Waals surface area contributed by atoms with Crippen LogP contribution < -0.4 is 25.2 Å². The molecule has 1 unspecified atom stereocenters. The number of methoxy groups -OCH3 is 1. The van der Waals surface area contributed by atoms with Crippen molar-refractivity contribution in [2.24, 2.45) is 0 Å². The molecule has 4 aromatic rings. The predicted octanol–water partition coefficient (Wildman–Crippen LogP) is 7.32. The minimum Gasteiger partial charge on any atom is -0.495 e. The third-order valence-corrected chi connectivity index (χ3v) is 14.6. The first-order chi connectivity index (χ1) is 35.2. The Bertz CT molecular complexity index is 2780. The van der Waals surface area contributed by atoms with Crippen molar-refractivity contribution in [1.29, 1.82) is 0 Å². The topological polar surface area (TPSA) is 207 Å². The number of aromatic nitrogens is 5. The van der Waals surface area contributed by atoms with Gasteiger partial charge in [-0.15, -0.1) is 5.10 Å². The number of ether oxygens (including phenoxy) is 3. The van der Waals surface area contributed by atoms with E-state index in [9.17, 15) is 24.0 Å². The molecule has 386 valence electrons. The Kier molecular flexibility index (Phi) is 15.3. The van der Waals surface area contributed by atoms with Gasteiger partial charge in [-0.2, -0.15) is 4.98 Å². The summed E-state index contributed by atoms with van der Waals surface area (Å²) in [4.78, 5) is 81.3. The molecule has 19 nitrogen and oxygen atoms in total. The van der Waals surface area contributed by atoms with Crippen LogP contribution in [0.1, 0.15) is 139 Å². The van der Waals surface area contributed by atoms with Gasteiger partial charge in [-0.05, 0) is 108 Å². The first-order valence-corrected chi connectivity index (χ1v) is 25.8. The molecule has 3 fully saturated rings. The van der Waals surface area contributed by atoms with E-state index in [1.54, 1.807) is 37.4 Å². The predicted molar refractivity (Wildman–Crippen MR) is 273 cm³/mol. The number of carbonyl (C=O) groups excluding carboxylic acids is 5. The SMILES string of the molecule is CC[C@@H]1C(=O)N(C)c2cnc(Nc3ccc(-c4cn([C@H]5CC[C@@H](N(CCCOCCC#Cc6cccc7c6CN(C6CCC(=O)NC6=O)C7=O)C(=O)OC(C)(C)C)CC5)nn4)cc3OC)nc2N1C1CCCC1. The zero-order valence-corrected chi connectivity index (χ0v) is 42.8. The first kappa shape index (κ1) is 50.9. The lowest BCUT2D eigenvalue weighted by Gasteiger charge is -2.43. The third-order valence-electron chi connectivity index (χ3n) is 14.6. The standard InChI is InChI=1S/C54H67N11O8/c1-7-43-51(69)61(5)45-31-55-52(58-48(45)65(43)38-16-8-9-17-38)56-41-24-19-35(30-46(41)71-6)42-33-64(60-59-42)37-22-20-36(21-23-37)62(53(70)73-54(2,3)4)27-13-29-72-28-11-10-14-34-15-12-18-39-40(34)32-63(50(39)68)44-25-26-47(66)57-49(44)67/h12,15,18-19,24,30-31,33,36-38,43-44H,7-9,11,13,16-17,20-23,25-29,32H2,1-6H3,(H,55,56,58)(H,57,66,67)/t36-,37+,43-,44?/m1/s1. The monoisotopic (exact) mass is 998 g/mol. The number of amides is 5. The number of hydrogen-bond acceptors (Lipinski definition) is 14. The number of hydrogen-bond donors (Lipinski definition) is 2. The first-order valence-electron chi connectivity index (χ1n) is 25.8. The molecule has 5 amide bonds. The minimum atomic E-state index is -0.681. The highest BCUT2D eigenvalue weighted by Gasteiger charge is 2.42. The van der Waals surface area contributed by atoms with E-state index in [-0.39, 0.29) is 60.9 Å². The molecule has 0 bridgehead atoms. The summed E-state index contributed by atoms with van der Waals surface area (Å²) in [5.41, 5.74) is 4.36. The number of likely N-dealkylation sites (N-methyl/N-ethyl adjacent to an activating group) is 1. The van der Waals surface area contributed by atoms with Crippen molar-refractivity contribution in [3.8, 4) is 28.8 Å². The number of benzene rings is 2. The fourth-order valence-electron chi connectivity index (χ4n) is 10.9. The minimum absolute atomic E-state index is 0.00369. The van der Waals surface area contributed by atoms with Crippen molar-refractivity contribution in [2.75, 3.05) is 49.0 Å². The molecule has 0 radical (unpaired) electrons.